The molecule has 0 saturated heterocycles. The van der Waals surface area contributed by atoms with Crippen molar-refractivity contribution >= 4 is 22.5 Å². The van der Waals surface area contributed by atoms with E-state index in [-0.39, 0.29) is 5.28 Å². The second-order valence-electron chi connectivity index (χ2n) is 3.57. The number of hydrogen-bond donors (Lipinski definition) is 0. The van der Waals surface area contributed by atoms with Gasteiger partial charge in [-0.1, -0.05) is 24.3 Å². The summed E-state index contributed by atoms with van der Waals surface area (Å²) in [5, 5.41) is 1.19. The largest absolute Gasteiger partial charge is 0.255 e. The number of fused-ring (bicyclic) bond motifs is 1. The highest BCUT2D eigenvalue weighted by atomic mass is 35.5. The summed E-state index contributed by atoms with van der Waals surface area (Å²) < 4.78 is 0. The average Bonchev–Trinajstić information content (AvgIpc) is 2.39. The van der Waals surface area contributed by atoms with Gasteiger partial charge in [-0.2, -0.15) is 0 Å². The van der Waals surface area contributed by atoms with Crippen molar-refractivity contribution in [2.45, 2.75) is 0 Å². The molecule has 0 N–H and O–H groups in total. The van der Waals surface area contributed by atoms with E-state index in [1.807, 2.05) is 42.5 Å². The lowest BCUT2D eigenvalue weighted by Crippen LogP contribution is -1.92. The minimum atomic E-state index is 0.240. The van der Waals surface area contributed by atoms with Crippen LogP contribution in [0.15, 0.2) is 48.7 Å². The standard InChI is InChI=1S/C13H8ClN3/c14-13-16-10-6-2-1-5-9(10)12(17-13)11-7-3-4-8-15-11/h1-8H. The fourth-order valence-electron chi connectivity index (χ4n) is 1.75. The summed E-state index contributed by atoms with van der Waals surface area (Å²) in [6.45, 7) is 0. The molecule has 0 saturated carbocycles. The molecule has 0 unspecified atom stereocenters. The van der Waals surface area contributed by atoms with Gasteiger partial charge in [0, 0.05) is 11.6 Å². The van der Waals surface area contributed by atoms with Crippen LogP contribution in [0, 0.1) is 0 Å². The van der Waals surface area contributed by atoms with Crippen LogP contribution in [0.4, 0.5) is 0 Å². The predicted octanol–water partition coefficient (Wildman–Crippen LogP) is 3.35. The van der Waals surface area contributed by atoms with Gasteiger partial charge in [0.1, 0.15) is 5.69 Å². The molecule has 0 fully saturated rings. The lowest BCUT2D eigenvalue weighted by molar-refractivity contribution is 1.20. The van der Waals surface area contributed by atoms with Gasteiger partial charge in [-0.15, -0.1) is 0 Å². The van der Waals surface area contributed by atoms with Crippen LogP contribution >= 0.6 is 11.6 Å². The molecule has 1 aromatic carbocycles. The molecule has 0 amide bonds. The third-order valence-electron chi connectivity index (χ3n) is 2.48. The Morgan fingerprint density at radius 1 is 0.882 bits per heavy atom. The van der Waals surface area contributed by atoms with Crippen molar-refractivity contribution in [3.05, 3.63) is 53.9 Å². The molecular weight excluding hydrogens is 234 g/mol. The molecule has 0 radical (unpaired) electrons. The van der Waals surface area contributed by atoms with E-state index in [2.05, 4.69) is 15.0 Å². The fraction of sp³-hybridized carbons (Fsp3) is 0. The molecule has 0 bridgehead atoms. The SMILES string of the molecule is Clc1nc(-c2ccccn2)c2ccccc2n1. The van der Waals surface area contributed by atoms with E-state index in [4.69, 9.17) is 11.6 Å². The van der Waals surface area contributed by atoms with Gasteiger partial charge in [0.15, 0.2) is 0 Å². The third-order valence-corrected chi connectivity index (χ3v) is 2.65. The molecule has 17 heavy (non-hydrogen) atoms. The second-order valence-corrected chi connectivity index (χ2v) is 3.91. The zero-order valence-corrected chi connectivity index (χ0v) is 9.59. The Morgan fingerprint density at radius 2 is 1.71 bits per heavy atom. The van der Waals surface area contributed by atoms with Gasteiger partial charge in [0.25, 0.3) is 0 Å². The number of nitrogens with zero attached hydrogens (tertiary/aromatic N) is 3. The van der Waals surface area contributed by atoms with Crippen LogP contribution < -0.4 is 0 Å². The van der Waals surface area contributed by atoms with E-state index in [9.17, 15) is 0 Å². The maximum absolute atomic E-state index is 5.92. The van der Waals surface area contributed by atoms with E-state index in [0.29, 0.717) is 0 Å². The quantitative estimate of drug-likeness (QED) is 0.614. The summed E-state index contributed by atoms with van der Waals surface area (Å²) >= 11 is 5.92. The third kappa shape index (κ3) is 1.85. The van der Waals surface area contributed by atoms with Crippen molar-refractivity contribution in [3.8, 4) is 11.4 Å². The molecular formula is C13H8ClN3. The normalized spacial score (nSPS) is 10.6. The highest BCUT2D eigenvalue weighted by Crippen LogP contribution is 2.25. The highest BCUT2D eigenvalue weighted by Gasteiger charge is 2.08. The number of hydrogen-bond acceptors (Lipinski definition) is 3. The molecule has 0 aliphatic rings. The molecule has 3 nitrogen and oxygen atoms in total. The van der Waals surface area contributed by atoms with Crippen molar-refractivity contribution in [3.63, 3.8) is 0 Å². The zero-order chi connectivity index (χ0) is 11.7. The van der Waals surface area contributed by atoms with Gasteiger partial charge in [-0.05, 0) is 29.8 Å². The summed E-state index contributed by atoms with van der Waals surface area (Å²) in [4.78, 5) is 12.7. The summed E-state index contributed by atoms with van der Waals surface area (Å²) in [7, 11) is 0. The van der Waals surface area contributed by atoms with Crippen molar-refractivity contribution in [1.29, 1.82) is 0 Å². The van der Waals surface area contributed by atoms with Crippen molar-refractivity contribution in [2.75, 3.05) is 0 Å². The lowest BCUT2D eigenvalue weighted by atomic mass is 10.1. The number of pyridine rings is 1. The van der Waals surface area contributed by atoms with Crippen molar-refractivity contribution < 1.29 is 0 Å². The van der Waals surface area contributed by atoms with E-state index >= 15 is 0 Å². The molecule has 3 rings (SSSR count). The first-order chi connectivity index (χ1) is 8.34. The second kappa shape index (κ2) is 4.11. The minimum Gasteiger partial charge on any atom is -0.255 e. The van der Waals surface area contributed by atoms with Crippen LogP contribution in [0.3, 0.4) is 0 Å². The average molecular weight is 242 g/mol. The van der Waals surface area contributed by atoms with Gasteiger partial charge in [-0.3, -0.25) is 4.98 Å². The van der Waals surface area contributed by atoms with E-state index in [1.54, 1.807) is 6.20 Å². The molecule has 0 aliphatic carbocycles. The Morgan fingerprint density at radius 3 is 2.53 bits per heavy atom. The molecule has 4 heteroatoms. The van der Waals surface area contributed by atoms with Crippen LogP contribution in [-0.4, -0.2) is 15.0 Å². The lowest BCUT2D eigenvalue weighted by Gasteiger charge is -2.04. The minimum absolute atomic E-state index is 0.240. The molecule has 2 aromatic heterocycles. The van der Waals surface area contributed by atoms with Gasteiger partial charge in [0.05, 0.1) is 11.2 Å². The number of rotatable bonds is 1. The highest BCUT2D eigenvalue weighted by molar-refractivity contribution is 6.28. The molecule has 2 heterocycles. The Kier molecular flexibility index (Phi) is 2.46. The van der Waals surface area contributed by atoms with E-state index < -0.39 is 0 Å². The molecule has 82 valence electrons. The first kappa shape index (κ1) is 10.2. The van der Waals surface area contributed by atoms with Crippen LogP contribution in [0.1, 0.15) is 0 Å². The summed E-state index contributed by atoms with van der Waals surface area (Å²) in [5.74, 6) is 0. The first-order valence-corrected chi connectivity index (χ1v) is 5.56. The predicted molar refractivity (Wildman–Crippen MR) is 67.8 cm³/mol. The molecule has 3 aromatic rings. The Balaban J connectivity index is 2.36. The van der Waals surface area contributed by atoms with Gasteiger partial charge in [-0.25, -0.2) is 9.97 Å². The van der Waals surface area contributed by atoms with E-state index in [0.717, 1.165) is 22.3 Å². The monoisotopic (exact) mass is 241 g/mol. The Bertz CT molecular complexity index is 668. The molecule has 0 aliphatic heterocycles. The zero-order valence-electron chi connectivity index (χ0n) is 8.84. The first-order valence-electron chi connectivity index (χ1n) is 5.18. The summed E-state index contributed by atoms with van der Waals surface area (Å²) in [6, 6.07) is 13.5. The summed E-state index contributed by atoms with van der Waals surface area (Å²) in [5.41, 5.74) is 2.39. The fourth-order valence-corrected chi connectivity index (χ4v) is 1.92. The maximum Gasteiger partial charge on any atom is 0.223 e. The molecule has 0 spiro atoms. The van der Waals surface area contributed by atoms with Crippen LogP contribution in [0.25, 0.3) is 22.3 Å². The van der Waals surface area contributed by atoms with Crippen molar-refractivity contribution in [2.24, 2.45) is 0 Å². The number of aromatic nitrogens is 3. The topological polar surface area (TPSA) is 38.7 Å². The smallest absolute Gasteiger partial charge is 0.223 e. The number of halogens is 1. The Labute approximate surface area is 103 Å². The van der Waals surface area contributed by atoms with Gasteiger partial charge < -0.3 is 0 Å². The Hall–Kier alpha value is -2.00. The van der Waals surface area contributed by atoms with Crippen molar-refractivity contribution in [1.82, 2.24) is 15.0 Å². The molecule has 0 atom stereocenters. The number of para-hydroxylation sites is 1. The maximum atomic E-state index is 5.92. The van der Waals surface area contributed by atoms with Gasteiger partial charge >= 0.3 is 0 Å². The summed E-state index contributed by atoms with van der Waals surface area (Å²) in [6.07, 6.45) is 1.74. The van der Waals surface area contributed by atoms with Crippen LogP contribution in [0.5, 0.6) is 0 Å². The van der Waals surface area contributed by atoms with Crippen LogP contribution in [-0.2, 0) is 0 Å². The van der Waals surface area contributed by atoms with Gasteiger partial charge in [0.2, 0.25) is 5.28 Å². The van der Waals surface area contributed by atoms with Crippen LogP contribution in [0.2, 0.25) is 5.28 Å². The van der Waals surface area contributed by atoms with E-state index in [1.165, 1.54) is 0 Å². The number of benzene rings is 1.